The van der Waals surface area contributed by atoms with E-state index in [1.807, 2.05) is 24.3 Å². The van der Waals surface area contributed by atoms with Crippen LogP contribution in [0.15, 0.2) is 60.4 Å². The van der Waals surface area contributed by atoms with Crippen LogP contribution in [0.1, 0.15) is 42.6 Å². The fourth-order valence-corrected chi connectivity index (χ4v) is 4.38. The fourth-order valence-electron chi connectivity index (χ4n) is 4.38. The van der Waals surface area contributed by atoms with Gasteiger partial charge in [-0.15, -0.1) is 0 Å². The topological polar surface area (TPSA) is 96.5 Å². The standard InChI is InChI=1S/C26H28F3N3O4/c1-2-35-25-18(6-5-13-33)19(16-9-11-17(12-10-16)26(27,28)29)14-22(36-25)24(34)30-15-23-31-20-7-3-4-8-21(20)32-23/h3-4,7-12,14,18-19,25,33H,2,5-6,13,15H2,1H3,(H,30,34)(H,31,32)/t18-,19+,25+/m0/s1. The molecule has 36 heavy (non-hydrogen) atoms. The number of alkyl halides is 3. The number of nitrogens with zero attached hydrogens (tertiary/aromatic N) is 1. The second kappa shape index (κ2) is 11.1. The third-order valence-electron chi connectivity index (χ3n) is 6.11. The number of nitrogens with one attached hydrogen (secondary N) is 2. The molecular formula is C26H28F3N3O4. The van der Waals surface area contributed by atoms with Gasteiger partial charge in [-0.2, -0.15) is 13.2 Å². The third-order valence-corrected chi connectivity index (χ3v) is 6.11. The van der Waals surface area contributed by atoms with Crippen LogP contribution < -0.4 is 5.32 Å². The van der Waals surface area contributed by atoms with E-state index in [4.69, 9.17) is 9.47 Å². The first-order chi connectivity index (χ1) is 17.3. The van der Waals surface area contributed by atoms with E-state index >= 15 is 0 Å². The van der Waals surface area contributed by atoms with E-state index < -0.39 is 29.9 Å². The van der Waals surface area contributed by atoms with Crippen LogP contribution in [0.5, 0.6) is 0 Å². The number of aliphatic hydroxyl groups is 1. The molecule has 0 spiro atoms. The molecule has 0 bridgehead atoms. The zero-order chi connectivity index (χ0) is 25.7. The van der Waals surface area contributed by atoms with Gasteiger partial charge in [0.2, 0.25) is 6.29 Å². The summed E-state index contributed by atoms with van der Waals surface area (Å²) in [6, 6.07) is 12.4. The Bertz CT molecular complexity index is 1170. The minimum atomic E-state index is -4.45. The molecule has 3 N–H and O–H groups in total. The molecule has 3 atom stereocenters. The average Bonchev–Trinajstić information content (AvgIpc) is 3.29. The van der Waals surface area contributed by atoms with Crippen LogP contribution in [-0.2, 0) is 27.0 Å². The Morgan fingerprint density at radius 1 is 1.19 bits per heavy atom. The number of aliphatic hydroxyl groups excluding tert-OH is 1. The van der Waals surface area contributed by atoms with Crippen molar-refractivity contribution in [1.82, 2.24) is 15.3 Å². The second-order valence-corrected chi connectivity index (χ2v) is 8.53. The highest BCUT2D eigenvalue weighted by Crippen LogP contribution is 2.40. The quantitative estimate of drug-likeness (QED) is 0.395. The first kappa shape index (κ1) is 25.7. The van der Waals surface area contributed by atoms with Gasteiger partial charge in [-0.3, -0.25) is 4.79 Å². The minimum Gasteiger partial charge on any atom is -0.459 e. The number of allylic oxidation sites excluding steroid dienone is 1. The van der Waals surface area contributed by atoms with E-state index in [2.05, 4.69) is 15.3 Å². The largest absolute Gasteiger partial charge is 0.459 e. The second-order valence-electron chi connectivity index (χ2n) is 8.53. The maximum atomic E-state index is 13.1. The number of halogens is 3. The normalized spacial score (nSPS) is 20.1. The summed E-state index contributed by atoms with van der Waals surface area (Å²) in [6.07, 6.45) is -2.68. The Morgan fingerprint density at radius 3 is 2.61 bits per heavy atom. The molecule has 0 fully saturated rings. The molecular weight excluding hydrogens is 475 g/mol. The van der Waals surface area contributed by atoms with Gasteiger partial charge < -0.3 is 24.9 Å². The highest BCUT2D eigenvalue weighted by Gasteiger charge is 2.38. The molecule has 0 saturated carbocycles. The van der Waals surface area contributed by atoms with Crippen molar-refractivity contribution in [3.8, 4) is 0 Å². The van der Waals surface area contributed by atoms with Gasteiger partial charge >= 0.3 is 6.18 Å². The summed E-state index contributed by atoms with van der Waals surface area (Å²) < 4.78 is 51.0. The molecule has 1 aromatic heterocycles. The lowest BCUT2D eigenvalue weighted by molar-refractivity contribution is -0.166. The Hall–Kier alpha value is -3.37. The molecule has 1 amide bonds. The molecule has 3 aromatic rings. The van der Waals surface area contributed by atoms with Crippen LogP contribution >= 0.6 is 0 Å². The molecule has 2 heterocycles. The zero-order valence-electron chi connectivity index (χ0n) is 19.7. The number of aromatic nitrogens is 2. The predicted molar refractivity (Wildman–Crippen MR) is 127 cm³/mol. The number of amides is 1. The summed E-state index contributed by atoms with van der Waals surface area (Å²) in [5.41, 5.74) is 1.47. The van der Waals surface area contributed by atoms with Gasteiger partial charge in [-0.05, 0) is 55.7 Å². The number of benzene rings is 2. The van der Waals surface area contributed by atoms with Crippen molar-refractivity contribution in [2.45, 2.75) is 44.7 Å². The van der Waals surface area contributed by atoms with E-state index in [-0.39, 0.29) is 24.8 Å². The van der Waals surface area contributed by atoms with Gasteiger partial charge in [-0.1, -0.05) is 24.3 Å². The van der Waals surface area contributed by atoms with Gasteiger partial charge in [0.25, 0.3) is 5.91 Å². The first-order valence-electron chi connectivity index (χ1n) is 11.8. The zero-order valence-corrected chi connectivity index (χ0v) is 19.7. The maximum absolute atomic E-state index is 13.1. The van der Waals surface area contributed by atoms with Crippen molar-refractivity contribution in [1.29, 1.82) is 0 Å². The smallest absolute Gasteiger partial charge is 0.416 e. The molecule has 192 valence electrons. The number of aromatic amines is 1. The van der Waals surface area contributed by atoms with Gasteiger partial charge in [-0.25, -0.2) is 4.98 Å². The number of ether oxygens (including phenoxy) is 2. The van der Waals surface area contributed by atoms with Crippen LogP contribution in [0.4, 0.5) is 13.2 Å². The molecule has 4 rings (SSSR count). The number of hydrogen-bond acceptors (Lipinski definition) is 5. The number of carbonyl (C=O) groups is 1. The van der Waals surface area contributed by atoms with Crippen LogP contribution in [0.3, 0.4) is 0 Å². The fraction of sp³-hybridized carbons (Fsp3) is 0.385. The van der Waals surface area contributed by atoms with Crippen LogP contribution in [0.2, 0.25) is 0 Å². The Balaban J connectivity index is 1.58. The SMILES string of the molecule is CCO[C@@H]1OC(C(=O)NCc2nc3ccccc3[nH]2)=C[C@H](c2ccc(C(F)(F)F)cc2)[C@@H]1CCCO. The van der Waals surface area contributed by atoms with Crippen molar-refractivity contribution in [3.63, 3.8) is 0 Å². The molecule has 0 aliphatic carbocycles. The molecule has 0 radical (unpaired) electrons. The number of fused-ring (bicyclic) bond motifs is 1. The van der Waals surface area contributed by atoms with E-state index in [0.29, 0.717) is 30.8 Å². The summed E-state index contributed by atoms with van der Waals surface area (Å²) in [4.78, 5) is 20.6. The van der Waals surface area contributed by atoms with E-state index in [0.717, 1.165) is 23.2 Å². The van der Waals surface area contributed by atoms with Gasteiger partial charge in [0.15, 0.2) is 5.76 Å². The Kier molecular flexibility index (Phi) is 7.95. The number of rotatable bonds is 9. The monoisotopic (exact) mass is 503 g/mol. The average molecular weight is 504 g/mol. The van der Waals surface area contributed by atoms with Crippen molar-refractivity contribution < 1.29 is 32.5 Å². The van der Waals surface area contributed by atoms with Crippen LogP contribution in [-0.4, -0.2) is 40.5 Å². The van der Waals surface area contributed by atoms with Gasteiger partial charge in [0.1, 0.15) is 5.82 Å². The molecule has 1 aliphatic rings. The van der Waals surface area contributed by atoms with Crippen LogP contribution in [0, 0.1) is 5.92 Å². The van der Waals surface area contributed by atoms with Crippen molar-refractivity contribution in [2.75, 3.05) is 13.2 Å². The number of carbonyl (C=O) groups excluding carboxylic acids is 1. The molecule has 2 aromatic carbocycles. The van der Waals surface area contributed by atoms with Gasteiger partial charge in [0.05, 0.1) is 23.1 Å². The summed E-state index contributed by atoms with van der Waals surface area (Å²) in [5.74, 6) is -0.647. The number of H-pyrrole nitrogens is 1. The number of para-hydroxylation sites is 2. The maximum Gasteiger partial charge on any atom is 0.416 e. The summed E-state index contributed by atoms with van der Waals surface area (Å²) >= 11 is 0. The lowest BCUT2D eigenvalue weighted by Gasteiger charge is -2.37. The van der Waals surface area contributed by atoms with E-state index in [1.54, 1.807) is 13.0 Å². The Labute approximate surface area is 206 Å². The molecule has 0 unspecified atom stereocenters. The molecule has 7 nitrogen and oxygen atoms in total. The van der Waals surface area contributed by atoms with Crippen molar-refractivity contribution in [3.05, 3.63) is 77.3 Å². The Morgan fingerprint density at radius 2 is 1.94 bits per heavy atom. The highest BCUT2D eigenvalue weighted by molar-refractivity contribution is 5.91. The lowest BCUT2D eigenvalue weighted by atomic mass is 9.80. The van der Waals surface area contributed by atoms with E-state index in [9.17, 15) is 23.1 Å². The van der Waals surface area contributed by atoms with E-state index in [1.165, 1.54) is 12.1 Å². The molecule has 1 aliphatic heterocycles. The van der Waals surface area contributed by atoms with Crippen molar-refractivity contribution >= 4 is 16.9 Å². The molecule has 0 saturated heterocycles. The van der Waals surface area contributed by atoms with Crippen molar-refractivity contribution in [2.24, 2.45) is 5.92 Å². The predicted octanol–water partition coefficient (Wildman–Crippen LogP) is 4.65. The minimum absolute atomic E-state index is 0.0229. The number of hydrogen-bond donors (Lipinski definition) is 3. The summed E-state index contributed by atoms with van der Waals surface area (Å²) in [5, 5.41) is 12.2. The van der Waals surface area contributed by atoms with Crippen LogP contribution in [0.25, 0.3) is 11.0 Å². The lowest BCUT2D eigenvalue weighted by Crippen LogP contribution is -2.39. The molecule has 10 heteroatoms. The summed E-state index contributed by atoms with van der Waals surface area (Å²) in [7, 11) is 0. The third kappa shape index (κ3) is 5.88. The van der Waals surface area contributed by atoms with Gasteiger partial charge in [0, 0.05) is 25.0 Å². The highest BCUT2D eigenvalue weighted by atomic mass is 19.4. The summed E-state index contributed by atoms with van der Waals surface area (Å²) in [6.45, 7) is 2.18. The first-order valence-corrected chi connectivity index (χ1v) is 11.8. The number of imidazole rings is 1.